The molecule has 3 nitrogen and oxygen atoms in total. The molecule has 0 amide bonds. The molecule has 19 heavy (non-hydrogen) atoms. The van der Waals surface area contributed by atoms with Crippen molar-refractivity contribution < 1.29 is 13.7 Å². The summed E-state index contributed by atoms with van der Waals surface area (Å²) in [7, 11) is 0. The normalized spacial score (nSPS) is 49.2. The van der Waals surface area contributed by atoms with Crippen LogP contribution in [-0.2, 0) is 5.41 Å². The smallest absolute Gasteiger partial charge is 0.122 e. The molecule has 2 bridgehead atoms. The molecule has 1 aromatic heterocycles. The number of aryl methyl sites for hydroxylation is 2. The van der Waals surface area contributed by atoms with Crippen LogP contribution in [0.25, 0.3) is 11.0 Å². The quantitative estimate of drug-likeness (QED) is 0.794. The van der Waals surface area contributed by atoms with Crippen molar-refractivity contribution >= 4 is 11.0 Å². The van der Waals surface area contributed by atoms with E-state index >= 15 is 0 Å². The Morgan fingerprint density at radius 3 is 2.84 bits per heavy atom. The summed E-state index contributed by atoms with van der Waals surface area (Å²) < 4.78 is 85.3. The van der Waals surface area contributed by atoms with Gasteiger partial charge in [-0.25, -0.2) is 9.97 Å². The summed E-state index contributed by atoms with van der Waals surface area (Å²) in [4.78, 5) is 8.58. The van der Waals surface area contributed by atoms with Gasteiger partial charge in [-0.2, -0.15) is 0 Å². The molecule has 1 aliphatic carbocycles. The van der Waals surface area contributed by atoms with Gasteiger partial charge in [0.15, 0.2) is 0 Å². The molecule has 1 saturated heterocycles. The molecule has 1 fully saturated rings. The molecular weight excluding hydrogens is 234 g/mol. The van der Waals surface area contributed by atoms with Crippen LogP contribution >= 0.6 is 0 Å². The Labute approximate surface area is 127 Å². The fraction of sp³-hybridized carbons (Fsp3) is 0.500. The first-order valence-corrected chi connectivity index (χ1v) is 6.09. The Hall–Kier alpha value is -1.48. The van der Waals surface area contributed by atoms with Gasteiger partial charge in [0, 0.05) is 28.0 Å². The van der Waals surface area contributed by atoms with Crippen LogP contribution in [0.1, 0.15) is 54.0 Å². The molecule has 1 aliphatic heterocycles. The van der Waals surface area contributed by atoms with Crippen LogP contribution in [-0.4, -0.2) is 23.0 Å². The van der Waals surface area contributed by atoms with Crippen LogP contribution in [0.3, 0.4) is 0 Å². The van der Waals surface area contributed by atoms with Crippen molar-refractivity contribution in [1.29, 1.82) is 0 Å². The highest BCUT2D eigenvalue weighted by atomic mass is 14.9. The number of aromatic nitrogens is 2. The maximum Gasteiger partial charge on any atom is 0.122 e. The van der Waals surface area contributed by atoms with Crippen LogP contribution < -0.4 is 5.31 Å². The Balaban J connectivity index is 2.33. The maximum absolute atomic E-state index is 8.91. The highest BCUT2D eigenvalue weighted by Crippen LogP contribution is 2.48. The van der Waals surface area contributed by atoms with E-state index in [0.29, 0.717) is 11.4 Å². The number of piperidine rings is 1. The third-order valence-electron chi connectivity index (χ3n) is 3.62. The van der Waals surface area contributed by atoms with Crippen LogP contribution in [0.5, 0.6) is 0 Å². The monoisotopic (exact) mass is 263 g/mol. The molecule has 3 heteroatoms. The fourth-order valence-corrected chi connectivity index (χ4v) is 2.44. The minimum absolute atomic E-state index is 0.0297. The molecule has 1 aromatic carbocycles. The second-order valence-electron chi connectivity index (χ2n) is 5.05. The molecule has 4 rings (SSSR count). The van der Waals surface area contributed by atoms with Crippen LogP contribution in [0.4, 0.5) is 0 Å². The van der Waals surface area contributed by atoms with Crippen molar-refractivity contribution in [3.05, 3.63) is 34.6 Å². The first-order chi connectivity index (χ1) is 13.0. The molecular formula is C16H19N3. The van der Waals surface area contributed by atoms with Gasteiger partial charge >= 0.3 is 0 Å². The Kier molecular flexibility index (Phi) is 0.957. The zero-order chi connectivity index (χ0) is 22.1. The largest absolute Gasteiger partial charge is 0.315 e. The van der Waals surface area contributed by atoms with E-state index in [2.05, 4.69) is 9.97 Å². The van der Waals surface area contributed by atoms with Crippen molar-refractivity contribution in [3.8, 4) is 0 Å². The van der Waals surface area contributed by atoms with Crippen LogP contribution in [0.2, 0.25) is 1.41 Å². The van der Waals surface area contributed by atoms with Gasteiger partial charge in [0.05, 0.1) is 25.2 Å². The molecule has 98 valence electrons. The number of rotatable bonds is 0. The first kappa shape index (κ1) is 5.13. The Bertz CT molecular complexity index is 1020. The van der Waals surface area contributed by atoms with E-state index in [1.807, 2.05) is 0 Å². The van der Waals surface area contributed by atoms with Crippen LogP contribution in [0.15, 0.2) is 12.1 Å². The molecule has 0 radical (unpaired) electrons. The average Bonchev–Trinajstić information content (AvgIpc) is 2.75. The lowest BCUT2D eigenvalue weighted by Crippen LogP contribution is -2.39. The molecule has 0 saturated carbocycles. The van der Waals surface area contributed by atoms with Gasteiger partial charge in [0.25, 0.3) is 0 Å². The summed E-state index contributed by atoms with van der Waals surface area (Å²) in [6.07, 6.45) is -2.88. The third kappa shape index (κ3) is 1.48. The van der Waals surface area contributed by atoms with E-state index in [4.69, 9.17) is 13.7 Å². The maximum atomic E-state index is 8.91. The molecule has 0 spiro atoms. The summed E-state index contributed by atoms with van der Waals surface area (Å²) in [5, 5.41) is -0.0325. The van der Waals surface area contributed by atoms with E-state index in [0.717, 1.165) is 6.92 Å². The number of nitrogens with zero attached hydrogens (tertiary/aromatic N) is 2. The number of hydrogen-bond donors (Lipinski definition) is 1. The topological polar surface area (TPSA) is 37.8 Å². The van der Waals surface area contributed by atoms with E-state index < -0.39 is 48.3 Å². The fourth-order valence-electron chi connectivity index (χ4n) is 2.44. The number of hydrogen-bond acceptors (Lipinski definition) is 3. The third-order valence-corrected chi connectivity index (χ3v) is 3.62. The van der Waals surface area contributed by atoms with Gasteiger partial charge in [-0.15, -0.1) is 0 Å². The number of fused-ring (bicyclic) bond motifs is 6. The highest BCUT2D eigenvalue weighted by molar-refractivity contribution is 5.78. The summed E-state index contributed by atoms with van der Waals surface area (Å²) in [5.41, 5.74) is -2.15. The number of nitrogens with one attached hydrogen (secondary N) is 1. The van der Waals surface area contributed by atoms with Gasteiger partial charge < -0.3 is 5.31 Å². The highest BCUT2D eigenvalue weighted by Gasteiger charge is 2.43. The van der Waals surface area contributed by atoms with E-state index in [1.54, 1.807) is 13.8 Å². The van der Waals surface area contributed by atoms with Gasteiger partial charge in [-0.1, -0.05) is 6.92 Å². The zero-order valence-electron chi connectivity index (χ0n) is 20.8. The summed E-state index contributed by atoms with van der Waals surface area (Å²) >= 11 is 0. The van der Waals surface area contributed by atoms with Crippen molar-refractivity contribution in [2.45, 2.75) is 38.5 Å². The predicted octanol–water partition coefficient (Wildman–Crippen LogP) is 2.59. The van der Waals surface area contributed by atoms with E-state index in [-0.39, 0.29) is 21.9 Å². The standard InChI is InChI=1S/C16H19N3/c1-9-10(2)19-15-5-13-12(4-14(15)18-9)11-6-16(13,3)8-17-7-11/h4-5,11,17H,6-8H2,1-3H3/t11-,16+/m0/s1/i4D,5D,6D2,7D2,8D2,11D/hD. The minimum Gasteiger partial charge on any atom is -0.315 e. The SMILES string of the molecule is [2H]c1c2c(c([2H])c3nc(C)c(C)nc13)[C@@]1(C)C([2H])([2H])N([2H])C([2H])([2H])[C@]2([2H])C1([2H])[2H]. The van der Waals surface area contributed by atoms with Crippen molar-refractivity contribution in [2.24, 2.45) is 0 Å². The van der Waals surface area contributed by atoms with Crippen LogP contribution in [0, 0.1) is 13.8 Å². The van der Waals surface area contributed by atoms with E-state index in [1.165, 1.54) is 0 Å². The Morgan fingerprint density at radius 2 is 2.11 bits per heavy atom. The lowest BCUT2D eigenvalue weighted by Gasteiger charge is -2.30. The van der Waals surface area contributed by atoms with E-state index in [9.17, 15) is 0 Å². The molecule has 1 N–H and O–H groups in total. The van der Waals surface area contributed by atoms with Gasteiger partial charge in [-0.3, -0.25) is 0 Å². The molecule has 2 aliphatic rings. The predicted molar refractivity (Wildman–Crippen MR) is 76.6 cm³/mol. The minimum atomic E-state index is -3.13. The van der Waals surface area contributed by atoms with Gasteiger partial charge in [0.1, 0.15) is 1.41 Å². The lowest BCUT2D eigenvalue weighted by atomic mass is 9.81. The van der Waals surface area contributed by atoms with Crippen molar-refractivity contribution in [3.63, 3.8) is 0 Å². The number of benzene rings is 1. The molecule has 0 unspecified atom stereocenters. The summed E-state index contributed by atoms with van der Waals surface area (Å²) in [5.74, 6) is -2.83. The first-order valence-electron chi connectivity index (χ1n) is 11.0. The van der Waals surface area contributed by atoms with Gasteiger partial charge in [0.2, 0.25) is 0 Å². The Morgan fingerprint density at radius 1 is 1.42 bits per heavy atom. The summed E-state index contributed by atoms with van der Waals surface area (Å²) in [6, 6.07) is -0.851. The second kappa shape index (κ2) is 3.54. The summed E-state index contributed by atoms with van der Waals surface area (Å²) in [6.45, 7) is -1.59. The molecule has 2 atom stereocenters. The van der Waals surface area contributed by atoms with Crippen molar-refractivity contribution in [1.82, 2.24) is 15.3 Å². The van der Waals surface area contributed by atoms with Crippen molar-refractivity contribution in [2.75, 3.05) is 13.0 Å². The zero-order valence-corrected chi connectivity index (χ0v) is 10.8. The second-order valence-corrected chi connectivity index (χ2v) is 5.05. The van der Waals surface area contributed by atoms with Gasteiger partial charge in [-0.05, 0) is 49.3 Å². The molecule has 2 heterocycles. The molecule has 2 aromatic rings. The average molecular weight is 263 g/mol. The lowest BCUT2D eigenvalue weighted by molar-refractivity contribution is 0.346.